The normalized spacial score (nSPS) is 18.5. The zero-order valence-electron chi connectivity index (χ0n) is 27.1. The highest BCUT2D eigenvalue weighted by Crippen LogP contribution is 2.42. The molecule has 1 aliphatic carbocycles. The number of carbonyl (C=O) groups excluding carboxylic acids is 1. The number of benzene rings is 3. The van der Waals surface area contributed by atoms with E-state index in [1.165, 1.54) is 11.3 Å². The van der Waals surface area contributed by atoms with Crippen LogP contribution in [-0.4, -0.2) is 47.6 Å². The Morgan fingerprint density at radius 1 is 0.804 bits per heavy atom. The predicted molar refractivity (Wildman–Crippen MR) is 188 cm³/mol. The summed E-state index contributed by atoms with van der Waals surface area (Å²) in [6.45, 7) is 10.8. The Hall–Kier alpha value is -4.03. The number of halogens is 1. The van der Waals surface area contributed by atoms with Crippen LogP contribution in [0.5, 0.6) is 0 Å². The third kappa shape index (κ3) is 6.59. The topological polar surface area (TPSA) is 65.8 Å². The van der Waals surface area contributed by atoms with E-state index in [-0.39, 0.29) is 17.6 Å². The quantitative estimate of drug-likeness (QED) is 0.186. The lowest BCUT2D eigenvalue weighted by atomic mass is 9.79. The Morgan fingerprint density at radius 3 is 2.04 bits per heavy atom. The first-order valence-electron chi connectivity index (χ1n) is 16.7. The van der Waals surface area contributed by atoms with Crippen LogP contribution in [0.15, 0.2) is 72.8 Å². The minimum absolute atomic E-state index is 0.144. The molecule has 1 saturated carbocycles. The summed E-state index contributed by atoms with van der Waals surface area (Å²) in [6, 6.07) is 25.4. The molecule has 2 fully saturated rings. The Labute approximate surface area is 277 Å². The molecule has 0 spiro atoms. The van der Waals surface area contributed by atoms with E-state index in [1.54, 1.807) is 0 Å². The summed E-state index contributed by atoms with van der Waals surface area (Å²) >= 11 is 6.31. The van der Waals surface area contributed by atoms with E-state index < -0.39 is 5.97 Å². The maximum absolute atomic E-state index is 14.3. The van der Waals surface area contributed by atoms with E-state index in [0.29, 0.717) is 24.3 Å². The highest BCUT2D eigenvalue weighted by molar-refractivity contribution is 6.30. The van der Waals surface area contributed by atoms with E-state index in [4.69, 9.17) is 11.6 Å². The molecule has 4 aromatic rings. The first-order valence-corrected chi connectivity index (χ1v) is 17.0. The van der Waals surface area contributed by atoms with Gasteiger partial charge in [-0.15, -0.1) is 0 Å². The number of aliphatic carboxylic acids is 1. The maximum atomic E-state index is 14.3. The second-order valence-electron chi connectivity index (χ2n) is 13.0. The number of hydrogen-bond donors (Lipinski definition) is 1. The molecular weight excluding hydrogens is 594 g/mol. The number of piperazine rings is 1. The zero-order valence-corrected chi connectivity index (χ0v) is 27.9. The monoisotopic (exact) mass is 637 g/mol. The van der Waals surface area contributed by atoms with Crippen molar-refractivity contribution in [3.63, 3.8) is 0 Å². The molecule has 240 valence electrons. The minimum atomic E-state index is -0.716. The maximum Gasteiger partial charge on any atom is 0.306 e. The molecule has 6 rings (SSSR count). The second kappa shape index (κ2) is 13.8. The summed E-state index contributed by atoms with van der Waals surface area (Å²) in [7, 11) is 0. The first kappa shape index (κ1) is 31.9. The standard InChI is InChI=1S/C39H44ClN3O3/c1-4-43-27(3)36(35(44)24-28-10-12-30(13-11-28)39(45)46)37(38(43)29-14-16-32(40)17-15-29)31-6-5-7-34(25-31)42-22-20-41(21-23-42)33-18-8-26(2)9-19-33/h5-9,14-19,25,28,30H,4,10-13,20-24H2,1-3H3,(H,45,46). The van der Waals surface area contributed by atoms with E-state index in [0.717, 1.165) is 84.9 Å². The molecule has 0 unspecified atom stereocenters. The fraction of sp³-hybridized carbons (Fsp3) is 0.385. The van der Waals surface area contributed by atoms with Crippen molar-refractivity contribution in [2.45, 2.75) is 59.4 Å². The largest absolute Gasteiger partial charge is 0.481 e. The van der Waals surface area contributed by atoms with Crippen molar-refractivity contribution in [3.05, 3.63) is 94.6 Å². The van der Waals surface area contributed by atoms with Crippen molar-refractivity contribution in [3.8, 4) is 22.4 Å². The number of nitrogens with zero attached hydrogens (tertiary/aromatic N) is 3. The van der Waals surface area contributed by atoms with Gasteiger partial charge in [-0.3, -0.25) is 9.59 Å². The summed E-state index contributed by atoms with van der Waals surface area (Å²) in [6.07, 6.45) is 3.28. The van der Waals surface area contributed by atoms with Crippen LogP contribution in [0.2, 0.25) is 5.02 Å². The minimum Gasteiger partial charge on any atom is -0.481 e. The molecule has 1 aromatic heterocycles. The van der Waals surface area contributed by atoms with E-state index >= 15 is 0 Å². The lowest BCUT2D eigenvalue weighted by molar-refractivity contribution is -0.143. The average molecular weight is 638 g/mol. The van der Waals surface area contributed by atoms with Gasteiger partial charge in [-0.2, -0.15) is 0 Å². The number of ketones is 1. The van der Waals surface area contributed by atoms with Gasteiger partial charge in [0, 0.05) is 72.4 Å². The highest BCUT2D eigenvalue weighted by Gasteiger charge is 2.31. The van der Waals surface area contributed by atoms with Gasteiger partial charge >= 0.3 is 5.97 Å². The van der Waals surface area contributed by atoms with Crippen molar-refractivity contribution in [2.75, 3.05) is 36.0 Å². The number of Topliss-reactive ketones (excluding diaryl/α,β-unsaturated/α-hetero) is 1. The van der Waals surface area contributed by atoms with Crippen LogP contribution in [0, 0.1) is 25.7 Å². The molecule has 0 bridgehead atoms. The van der Waals surface area contributed by atoms with Crippen molar-refractivity contribution in [1.82, 2.24) is 4.57 Å². The number of rotatable bonds is 9. The van der Waals surface area contributed by atoms with Gasteiger partial charge in [0.1, 0.15) is 0 Å². The number of aromatic nitrogens is 1. The molecule has 0 amide bonds. The molecule has 2 aliphatic rings. The van der Waals surface area contributed by atoms with Crippen molar-refractivity contribution >= 4 is 34.7 Å². The molecule has 1 N–H and O–H groups in total. The fourth-order valence-electron chi connectivity index (χ4n) is 7.48. The SMILES string of the molecule is CCn1c(C)c(C(=O)CC2CCC(C(=O)O)CC2)c(-c2cccc(N3CCN(c4ccc(C)cc4)CC3)c2)c1-c1ccc(Cl)cc1. The lowest BCUT2D eigenvalue weighted by Crippen LogP contribution is -2.46. The number of anilines is 2. The van der Waals surface area contributed by atoms with Crippen molar-refractivity contribution in [1.29, 1.82) is 0 Å². The second-order valence-corrected chi connectivity index (χ2v) is 13.4. The van der Waals surface area contributed by atoms with E-state index in [1.807, 2.05) is 24.3 Å². The summed E-state index contributed by atoms with van der Waals surface area (Å²) in [5.41, 5.74) is 9.55. The Kier molecular flexibility index (Phi) is 9.55. The summed E-state index contributed by atoms with van der Waals surface area (Å²) in [5, 5.41) is 10.2. The van der Waals surface area contributed by atoms with E-state index in [2.05, 4.69) is 83.7 Å². The molecule has 46 heavy (non-hydrogen) atoms. The van der Waals surface area contributed by atoms with Crippen LogP contribution in [0.25, 0.3) is 22.4 Å². The summed E-state index contributed by atoms with van der Waals surface area (Å²) in [5.74, 6) is -0.656. The number of hydrogen-bond acceptors (Lipinski definition) is 4. The van der Waals surface area contributed by atoms with Crippen LogP contribution in [-0.2, 0) is 11.3 Å². The van der Waals surface area contributed by atoms with Gasteiger partial charge in [0.2, 0.25) is 0 Å². The van der Waals surface area contributed by atoms with Gasteiger partial charge in [-0.25, -0.2) is 0 Å². The van der Waals surface area contributed by atoms with Crippen molar-refractivity contribution in [2.24, 2.45) is 11.8 Å². The molecule has 2 heterocycles. The molecule has 1 aliphatic heterocycles. The number of aryl methyl sites for hydroxylation is 1. The molecule has 1 saturated heterocycles. The third-order valence-corrected chi connectivity index (χ3v) is 10.3. The average Bonchev–Trinajstić information content (AvgIpc) is 3.37. The Balaban J connectivity index is 1.34. The van der Waals surface area contributed by atoms with Gasteiger partial charge < -0.3 is 19.5 Å². The van der Waals surface area contributed by atoms with Crippen LogP contribution < -0.4 is 9.80 Å². The highest BCUT2D eigenvalue weighted by atomic mass is 35.5. The van der Waals surface area contributed by atoms with Crippen molar-refractivity contribution < 1.29 is 14.7 Å². The Morgan fingerprint density at radius 2 is 1.43 bits per heavy atom. The third-order valence-electron chi connectivity index (χ3n) is 10.1. The smallest absolute Gasteiger partial charge is 0.306 e. The molecular formula is C39H44ClN3O3. The number of carbonyl (C=O) groups is 2. The van der Waals surface area contributed by atoms with Gasteiger partial charge in [0.25, 0.3) is 0 Å². The summed E-state index contributed by atoms with van der Waals surface area (Å²) in [4.78, 5) is 30.7. The van der Waals surface area contributed by atoms with Gasteiger partial charge in [0.05, 0.1) is 11.6 Å². The number of carboxylic acids is 1. The fourth-order valence-corrected chi connectivity index (χ4v) is 7.60. The zero-order chi connectivity index (χ0) is 32.4. The molecule has 3 aromatic carbocycles. The first-order chi connectivity index (χ1) is 22.2. The Bertz CT molecular complexity index is 1690. The van der Waals surface area contributed by atoms with Gasteiger partial charge in [-0.05, 0) is 99.9 Å². The van der Waals surface area contributed by atoms with Gasteiger partial charge in [0.15, 0.2) is 5.78 Å². The summed E-state index contributed by atoms with van der Waals surface area (Å²) < 4.78 is 2.26. The van der Waals surface area contributed by atoms with Crippen LogP contribution in [0.3, 0.4) is 0 Å². The van der Waals surface area contributed by atoms with Gasteiger partial charge in [-0.1, -0.05) is 53.6 Å². The van der Waals surface area contributed by atoms with Crippen LogP contribution in [0.1, 0.15) is 60.6 Å². The molecule has 0 atom stereocenters. The van der Waals surface area contributed by atoms with E-state index in [9.17, 15) is 14.7 Å². The molecule has 7 heteroatoms. The lowest BCUT2D eigenvalue weighted by Gasteiger charge is -2.37. The molecule has 6 nitrogen and oxygen atoms in total. The number of carboxylic acid groups (broad SMARTS) is 1. The van der Waals surface area contributed by atoms with Crippen LogP contribution in [0.4, 0.5) is 11.4 Å². The predicted octanol–water partition coefficient (Wildman–Crippen LogP) is 8.90. The van der Waals surface area contributed by atoms with Crippen LogP contribution >= 0.6 is 11.6 Å². The molecule has 0 radical (unpaired) electrons.